The van der Waals surface area contributed by atoms with Gasteiger partial charge in [-0.2, -0.15) is 11.8 Å². The van der Waals surface area contributed by atoms with Crippen molar-refractivity contribution in [1.29, 1.82) is 0 Å². The Kier molecular flexibility index (Phi) is 4.49. The monoisotopic (exact) mass is 267 g/mol. The van der Waals surface area contributed by atoms with Gasteiger partial charge in [0.05, 0.1) is 0 Å². The van der Waals surface area contributed by atoms with E-state index in [2.05, 4.69) is 0 Å². The third-order valence-corrected chi connectivity index (χ3v) is 4.02. The summed E-state index contributed by atoms with van der Waals surface area (Å²) in [6.07, 6.45) is 1.74. The maximum absolute atomic E-state index is 10.6. The summed E-state index contributed by atoms with van der Waals surface area (Å²) in [4.78, 5) is 10.6. The largest absolute Gasteiger partial charge is 0.490 e. The van der Waals surface area contributed by atoms with Gasteiger partial charge in [-0.3, -0.25) is 4.79 Å². The zero-order chi connectivity index (χ0) is 13.0. The Morgan fingerprint density at radius 1 is 1.50 bits per heavy atom. The molecule has 1 fully saturated rings. The minimum absolute atomic E-state index is 0.308. The van der Waals surface area contributed by atoms with Crippen molar-refractivity contribution in [2.24, 2.45) is 5.73 Å². The molecule has 0 bridgehead atoms. The molecule has 1 aliphatic rings. The van der Waals surface area contributed by atoms with Gasteiger partial charge in [0.1, 0.15) is 17.9 Å². The third-order valence-electron chi connectivity index (χ3n) is 2.89. The number of ether oxygens (including phenoxy) is 1. The molecule has 3 N–H and O–H groups in total. The Morgan fingerprint density at radius 2 is 2.22 bits per heavy atom. The fraction of sp³-hybridized carbons (Fsp3) is 0.462. The highest BCUT2D eigenvalue weighted by atomic mass is 32.2. The highest BCUT2D eigenvalue weighted by molar-refractivity contribution is 7.99. The fourth-order valence-electron chi connectivity index (χ4n) is 1.84. The average Bonchev–Trinajstić information content (AvgIpc) is 2.84. The molecule has 18 heavy (non-hydrogen) atoms. The number of nitrogens with two attached hydrogens (primary N) is 1. The van der Waals surface area contributed by atoms with Crippen molar-refractivity contribution in [3.63, 3.8) is 0 Å². The number of carboxylic acid groups (broad SMARTS) is 1. The van der Waals surface area contributed by atoms with Crippen molar-refractivity contribution >= 4 is 17.7 Å². The lowest BCUT2D eigenvalue weighted by atomic mass is 10.1. The number of benzene rings is 1. The van der Waals surface area contributed by atoms with Crippen molar-refractivity contribution in [3.8, 4) is 5.75 Å². The fourth-order valence-corrected chi connectivity index (χ4v) is 2.94. The van der Waals surface area contributed by atoms with Crippen LogP contribution < -0.4 is 10.5 Å². The second kappa shape index (κ2) is 6.11. The first-order valence-electron chi connectivity index (χ1n) is 5.97. The smallest absolute Gasteiger partial charge is 0.320 e. The summed E-state index contributed by atoms with van der Waals surface area (Å²) in [5.74, 6) is 2.08. The molecule has 0 spiro atoms. The topological polar surface area (TPSA) is 72.5 Å². The lowest BCUT2D eigenvalue weighted by molar-refractivity contribution is -0.138. The van der Waals surface area contributed by atoms with Gasteiger partial charge in [-0.15, -0.1) is 0 Å². The van der Waals surface area contributed by atoms with Crippen LogP contribution in [0.25, 0.3) is 0 Å². The van der Waals surface area contributed by atoms with Crippen LogP contribution >= 0.6 is 11.8 Å². The quantitative estimate of drug-likeness (QED) is 0.846. The minimum atomic E-state index is -0.974. The molecule has 0 aliphatic carbocycles. The van der Waals surface area contributed by atoms with Crippen LogP contribution in [-0.2, 0) is 11.2 Å². The molecule has 4 nitrogen and oxygen atoms in total. The van der Waals surface area contributed by atoms with Gasteiger partial charge in [-0.1, -0.05) is 12.1 Å². The van der Waals surface area contributed by atoms with Gasteiger partial charge in [0.15, 0.2) is 0 Å². The molecule has 0 aromatic heterocycles. The molecule has 2 atom stereocenters. The van der Waals surface area contributed by atoms with Crippen LogP contribution in [0.15, 0.2) is 24.3 Å². The maximum atomic E-state index is 10.6. The molecule has 1 aromatic carbocycles. The number of hydrogen-bond acceptors (Lipinski definition) is 4. The van der Waals surface area contributed by atoms with Crippen molar-refractivity contribution in [1.82, 2.24) is 0 Å². The zero-order valence-corrected chi connectivity index (χ0v) is 10.9. The van der Waals surface area contributed by atoms with Gasteiger partial charge in [0.25, 0.3) is 0 Å². The van der Waals surface area contributed by atoms with Gasteiger partial charge in [-0.05, 0) is 36.3 Å². The zero-order valence-electron chi connectivity index (χ0n) is 10.0. The molecule has 0 saturated carbocycles. The summed E-state index contributed by atoms with van der Waals surface area (Å²) in [6.45, 7) is 0. The van der Waals surface area contributed by atoms with Gasteiger partial charge in [0, 0.05) is 5.75 Å². The molecule has 1 saturated heterocycles. The molecule has 5 heteroatoms. The van der Waals surface area contributed by atoms with Crippen molar-refractivity contribution in [2.75, 3.05) is 11.5 Å². The Bertz CT molecular complexity index is 401. The van der Waals surface area contributed by atoms with E-state index >= 15 is 0 Å². The maximum Gasteiger partial charge on any atom is 0.320 e. The average molecular weight is 267 g/mol. The van der Waals surface area contributed by atoms with E-state index in [1.807, 2.05) is 36.0 Å². The second-order valence-electron chi connectivity index (χ2n) is 4.40. The molecule has 2 rings (SSSR count). The molecule has 98 valence electrons. The van der Waals surface area contributed by atoms with E-state index in [9.17, 15) is 4.79 Å². The lowest BCUT2D eigenvalue weighted by Gasteiger charge is -2.13. The molecule has 0 radical (unpaired) electrons. The molecule has 2 unspecified atom stereocenters. The first-order chi connectivity index (χ1) is 8.65. The van der Waals surface area contributed by atoms with Crippen molar-refractivity contribution in [3.05, 3.63) is 29.8 Å². The Hall–Kier alpha value is -1.20. The number of aliphatic carboxylic acids is 1. The predicted octanol–water partition coefficient (Wildman–Crippen LogP) is 1.53. The minimum Gasteiger partial charge on any atom is -0.490 e. The van der Waals surface area contributed by atoms with Crippen molar-refractivity contribution < 1.29 is 14.6 Å². The number of thioether (sulfide) groups is 1. The highest BCUT2D eigenvalue weighted by Crippen LogP contribution is 2.23. The van der Waals surface area contributed by atoms with E-state index in [1.54, 1.807) is 0 Å². The summed E-state index contributed by atoms with van der Waals surface area (Å²) in [5.41, 5.74) is 6.40. The summed E-state index contributed by atoms with van der Waals surface area (Å²) < 4.78 is 5.81. The van der Waals surface area contributed by atoms with E-state index in [0.29, 0.717) is 12.5 Å². The standard InChI is InChI=1S/C13H17NO3S/c14-12(13(15)16)7-9-1-3-10(4-2-9)17-11-5-6-18-8-11/h1-4,11-12H,5-8,14H2,(H,15,16). The van der Waals surface area contributed by atoms with Crippen LogP contribution in [0.2, 0.25) is 0 Å². The highest BCUT2D eigenvalue weighted by Gasteiger charge is 2.17. The summed E-state index contributed by atoms with van der Waals surface area (Å²) in [5, 5.41) is 8.74. The Labute approximate surface area is 111 Å². The van der Waals surface area contributed by atoms with Gasteiger partial charge >= 0.3 is 5.97 Å². The second-order valence-corrected chi connectivity index (χ2v) is 5.55. The van der Waals surface area contributed by atoms with Crippen LogP contribution in [0.4, 0.5) is 0 Å². The van der Waals surface area contributed by atoms with Crippen LogP contribution in [0.1, 0.15) is 12.0 Å². The molecular weight excluding hydrogens is 250 g/mol. The predicted molar refractivity (Wildman–Crippen MR) is 72.1 cm³/mol. The Balaban J connectivity index is 1.90. The van der Waals surface area contributed by atoms with E-state index in [1.165, 1.54) is 0 Å². The van der Waals surface area contributed by atoms with Crippen LogP contribution in [0.5, 0.6) is 5.75 Å². The molecule has 1 aromatic rings. The molecule has 0 amide bonds. The SMILES string of the molecule is NC(Cc1ccc(OC2CCSC2)cc1)C(=O)O. The number of carbonyl (C=O) groups is 1. The molecular formula is C13H17NO3S. The normalized spacial score (nSPS) is 20.6. The third kappa shape index (κ3) is 3.65. The molecule has 1 aliphatic heterocycles. The van der Waals surface area contributed by atoms with Crippen LogP contribution in [-0.4, -0.2) is 34.7 Å². The lowest BCUT2D eigenvalue weighted by Crippen LogP contribution is -2.32. The van der Waals surface area contributed by atoms with Gasteiger partial charge in [-0.25, -0.2) is 0 Å². The van der Waals surface area contributed by atoms with E-state index in [-0.39, 0.29) is 0 Å². The Morgan fingerprint density at radius 3 is 2.78 bits per heavy atom. The van der Waals surface area contributed by atoms with Gasteiger partial charge in [0.2, 0.25) is 0 Å². The van der Waals surface area contributed by atoms with Gasteiger partial charge < -0.3 is 15.6 Å². The summed E-state index contributed by atoms with van der Waals surface area (Å²) in [6, 6.07) is 6.67. The number of hydrogen-bond donors (Lipinski definition) is 2. The van der Waals surface area contributed by atoms with Crippen LogP contribution in [0.3, 0.4) is 0 Å². The van der Waals surface area contributed by atoms with E-state index in [4.69, 9.17) is 15.6 Å². The summed E-state index contributed by atoms with van der Waals surface area (Å²) in [7, 11) is 0. The molecule has 1 heterocycles. The first kappa shape index (κ1) is 13.2. The van der Waals surface area contributed by atoms with E-state index < -0.39 is 12.0 Å². The van der Waals surface area contributed by atoms with Crippen LogP contribution in [0, 0.1) is 0 Å². The number of rotatable bonds is 5. The van der Waals surface area contributed by atoms with E-state index in [0.717, 1.165) is 29.2 Å². The summed E-state index contributed by atoms with van der Waals surface area (Å²) >= 11 is 1.91. The van der Waals surface area contributed by atoms with Crippen molar-refractivity contribution in [2.45, 2.75) is 25.0 Å². The number of carboxylic acids is 1. The first-order valence-corrected chi connectivity index (χ1v) is 7.12.